The largest absolute Gasteiger partial charge is 0.378 e. The second-order valence-electron chi connectivity index (χ2n) is 5.78. The first-order chi connectivity index (χ1) is 10.7. The van der Waals surface area contributed by atoms with Crippen LogP contribution in [0.4, 0.5) is 5.82 Å². The lowest BCUT2D eigenvalue weighted by atomic mass is 9.96. The Morgan fingerprint density at radius 1 is 1.45 bits per heavy atom. The number of fused-ring (bicyclic) bond motifs is 1. The van der Waals surface area contributed by atoms with Crippen LogP contribution in [0.15, 0.2) is 24.3 Å². The summed E-state index contributed by atoms with van der Waals surface area (Å²) in [5.41, 5.74) is 1.38. The summed E-state index contributed by atoms with van der Waals surface area (Å²) >= 11 is 6.00. The van der Waals surface area contributed by atoms with Crippen LogP contribution in [-0.4, -0.2) is 24.2 Å². The van der Waals surface area contributed by atoms with Crippen LogP contribution >= 0.6 is 11.6 Å². The molecular formula is C17H18ClN3O. The molecule has 22 heavy (non-hydrogen) atoms. The molecule has 0 spiro atoms. The van der Waals surface area contributed by atoms with E-state index in [2.05, 4.69) is 23.3 Å². The topological polar surface area (TPSA) is 57.9 Å². The molecule has 2 atom stereocenters. The summed E-state index contributed by atoms with van der Waals surface area (Å²) in [4.78, 5) is 4.58. The quantitative estimate of drug-likeness (QED) is 0.930. The molecule has 1 fully saturated rings. The van der Waals surface area contributed by atoms with E-state index < -0.39 is 0 Å². The van der Waals surface area contributed by atoms with Crippen LogP contribution in [0.25, 0.3) is 10.9 Å². The van der Waals surface area contributed by atoms with E-state index in [1.807, 2.05) is 6.07 Å². The minimum atomic E-state index is 0.321. The summed E-state index contributed by atoms with van der Waals surface area (Å²) in [5.74, 6) is 1.32. The lowest BCUT2D eigenvalue weighted by Crippen LogP contribution is -2.27. The van der Waals surface area contributed by atoms with Gasteiger partial charge in [-0.2, -0.15) is 5.26 Å². The van der Waals surface area contributed by atoms with E-state index in [4.69, 9.17) is 16.3 Å². The molecule has 2 heterocycles. The molecule has 1 aromatic carbocycles. The van der Waals surface area contributed by atoms with Crippen molar-refractivity contribution in [3.05, 3.63) is 34.9 Å². The first-order valence-electron chi connectivity index (χ1n) is 7.51. The molecule has 1 saturated heterocycles. The predicted molar refractivity (Wildman–Crippen MR) is 88.1 cm³/mol. The zero-order chi connectivity index (χ0) is 15.5. The third-order valence-electron chi connectivity index (χ3n) is 4.06. The molecule has 5 heteroatoms. The molecule has 4 nitrogen and oxygen atoms in total. The maximum atomic E-state index is 9.34. The highest BCUT2D eigenvalue weighted by atomic mass is 35.5. The van der Waals surface area contributed by atoms with Gasteiger partial charge in [0.25, 0.3) is 0 Å². The molecule has 0 aliphatic carbocycles. The van der Waals surface area contributed by atoms with Gasteiger partial charge < -0.3 is 10.1 Å². The van der Waals surface area contributed by atoms with Crippen molar-refractivity contribution < 1.29 is 4.74 Å². The number of pyridine rings is 1. The van der Waals surface area contributed by atoms with Gasteiger partial charge >= 0.3 is 0 Å². The van der Waals surface area contributed by atoms with Gasteiger partial charge in [0.1, 0.15) is 5.82 Å². The second kappa shape index (κ2) is 6.51. The molecule has 1 aliphatic rings. The van der Waals surface area contributed by atoms with E-state index in [0.717, 1.165) is 42.7 Å². The monoisotopic (exact) mass is 315 g/mol. The van der Waals surface area contributed by atoms with Crippen LogP contribution in [0.5, 0.6) is 0 Å². The first kappa shape index (κ1) is 15.1. The van der Waals surface area contributed by atoms with E-state index in [1.165, 1.54) is 0 Å². The number of nitrogens with one attached hydrogen (secondary N) is 1. The molecule has 0 saturated carbocycles. The summed E-state index contributed by atoms with van der Waals surface area (Å²) in [6.45, 7) is 3.78. The molecule has 1 aromatic heterocycles. The molecule has 1 N–H and O–H groups in total. The minimum absolute atomic E-state index is 0.321. The van der Waals surface area contributed by atoms with Gasteiger partial charge in [0.2, 0.25) is 0 Å². The molecule has 2 aromatic rings. The third kappa shape index (κ3) is 3.32. The first-order valence-corrected chi connectivity index (χ1v) is 7.89. The Bertz CT molecular complexity index is 726. The van der Waals surface area contributed by atoms with Crippen molar-refractivity contribution in [3.8, 4) is 6.07 Å². The summed E-state index contributed by atoms with van der Waals surface area (Å²) in [7, 11) is 0. The fourth-order valence-corrected chi connectivity index (χ4v) is 3.08. The van der Waals surface area contributed by atoms with Crippen LogP contribution in [0, 0.1) is 17.2 Å². The molecular weight excluding hydrogens is 298 g/mol. The molecule has 0 radical (unpaired) electrons. The Morgan fingerprint density at radius 3 is 3.09 bits per heavy atom. The van der Waals surface area contributed by atoms with Crippen LogP contribution in [0.3, 0.4) is 0 Å². The van der Waals surface area contributed by atoms with Gasteiger partial charge in [0.15, 0.2) is 0 Å². The van der Waals surface area contributed by atoms with Crippen molar-refractivity contribution in [2.45, 2.75) is 25.9 Å². The van der Waals surface area contributed by atoms with Gasteiger partial charge in [-0.15, -0.1) is 0 Å². The van der Waals surface area contributed by atoms with Crippen LogP contribution in [-0.2, 0) is 4.74 Å². The van der Waals surface area contributed by atoms with Crippen molar-refractivity contribution in [1.29, 1.82) is 5.26 Å². The van der Waals surface area contributed by atoms with Gasteiger partial charge in [0, 0.05) is 23.6 Å². The second-order valence-corrected chi connectivity index (χ2v) is 6.22. The van der Waals surface area contributed by atoms with Crippen molar-refractivity contribution in [1.82, 2.24) is 4.98 Å². The number of anilines is 1. The Labute approximate surface area is 135 Å². The highest BCUT2D eigenvalue weighted by Crippen LogP contribution is 2.25. The average Bonchev–Trinajstić information content (AvgIpc) is 2.52. The van der Waals surface area contributed by atoms with Gasteiger partial charge in [-0.1, -0.05) is 11.6 Å². The number of ether oxygens (including phenoxy) is 1. The standard InChI is InChI=1S/C17H18ClN3O/c1-11-6-12(4-5-22-11)10-20-17-7-13(9-19)15-8-14(18)2-3-16(15)21-17/h2-3,7-8,11-12H,4-6,10H2,1H3,(H,20,21). The number of nitrogens with zero attached hydrogens (tertiary/aromatic N) is 2. The maximum absolute atomic E-state index is 9.34. The van der Waals surface area contributed by atoms with E-state index >= 15 is 0 Å². The fourth-order valence-electron chi connectivity index (χ4n) is 2.91. The van der Waals surface area contributed by atoms with Crippen LogP contribution < -0.4 is 5.32 Å². The number of hydrogen-bond donors (Lipinski definition) is 1. The maximum Gasteiger partial charge on any atom is 0.127 e. The number of hydrogen-bond acceptors (Lipinski definition) is 4. The van der Waals surface area contributed by atoms with E-state index in [-0.39, 0.29) is 0 Å². The SMILES string of the molecule is CC1CC(CNc2cc(C#N)c3cc(Cl)ccc3n2)CCO1. The number of halogens is 1. The normalized spacial score (nSPS) is 21.5. The lowest BCUT2D eigenvalue weighted by molar-refractivity contribution is 0.00557. The summed E-state index contributed by atoms with van der Waals surface area (Å²) in [6.07, 6.45) is 2.44. The Morgan fingerprint density at radius 2 is 2.32 bits per heavy atom. The van der Waals surface area contributed by atoms with Gasteiger partial charge in [-0.05, 0) is 49.9 Å². The number of rotatable bonds is 3. The van der Waals surface area contributed by atoms with Crippen molar-refractivity contribution in [2.24, 2.45) is 5.92 Å². The summed E-state index contributed by atoms with van der Waals surface area (Å²) in [5, 5.41) is 14.1. The Balaban J connectivity index is 1.79. The average molecular weight is 316 g/mol. The smallest absolute Gasteiger partial charge is 0.127 e. The molecule has 0 amide bonds. The highest BCUT2D eigenvalue weighted by Gasteiger charge is 2.19. The number of aromatic nitrogens is 1. The Kier molecular flexibility index (Phi) is 4.47. The lowest BCUT2D eigenvalue weighted by Gasteiger charge is -2.27. The fraction of sp³-hybridized carbons (Fsp3) is 0.412. The van der Waals surface area contributed by atoms with Gasteiger partial charge in [-0.25, -0.2) is 4.98 Å². The summed E-state index contributed by atoms with van der Waals surface area (Å²) in [6, 6.07) is 9.44. The van der Waals surface area contributed by atoms with E-state index in [1.54, 1.807) is 18.2 Å². The van der Waals surface area contributed by atoms with Crippen molar-refractivity contribution in [3.63, 3.8) is 0 Å². The number of nitriles is 1. The zero-order valence-corrected chi connectivity index (χ0v) is 13.2. The third-order valence-corrected chi connectivity index (χ3v) is 4.29. The molecule has 0 bridgehead atoms. The minimum Gasteiger partial charge on any atom is -0.378 e. The molecule has 114 valence electrons. The van der Waals surface area contributed by atoms with Crippen molar-refractivity contribution >= 4 is 28.3 Å². The molecule has 1 aliphatic heterocycles. The summed E-state index contributed by atoms with van der Waals surface area (Å²) < 4.78 is 5.57. The van der Waals surface area contributed by atoms with Gasteiger partial charge in [-0.3, -0.25) is 0 Å². The van der Waals surface area contributed by atoms with E-state index in [0.29, 0.717) is 22.6 Å². The molecule has 3 rings (SSSR count). The van der Waals surface area contributed by atoms with Crippen molar-refractivity contribution in [2.75, 3.05) is 18.5 Å². The highest BCUT2D eigenvalue weighted by molar-refractivity contribution is 6.31. The zero-order valence-electron chi connectivity index (χ0n) is 12.5. The van der Waals surface area contributed by atoms with E-state index in [9.17, 15) is 5.26 Å². The number of benzene rings is 1. The molecule has 2 unspecified atom stereocenters. The van der Waals surface area contributed by atoms with Crippen LogP contribution in [0.2, 0.25) is 5.02 Å². The predicted octanol–water partition coefficient (Wildman–Crippen LogP) is 3.99. The van der Waals surface area contributed by atoms with Gasteiger partial charge in [0.05, 0.1) is 23.3 Å². The Hall–Kier alpha value is -1.83. The van der Waals surface area contributed by atoms with Crippen LogP contribution in [0.1, 0.15) is 25.3 Å².